The molecule has 0 atom stereocenters. The molecule has 2 heterocycles. The molecule has 9 rings (SSSR count). The van der Waals surface area contributed by atoms with Crippen LogP contribution in [-0.2, 0) is 0 Å². The van der Waals surface area contributed by atoms with Crippen molar-refractivity contribution in [3.8, 4) is 33.4 Å². The van der Waals surface area contributed by atoms with E-state index < -0.39 is 0 Å². The molecular weight excluding hydrogens is 581 g/mol. The van der Waals surface area contributed by atoms with Crippen LogP contribution in [0, 0.1) is 0 Å². The zero-order chi connectivity index (χ0) is 31.9. The first-order chi connectivity index (χ1) is 23.8. The molecule has 226 valence electrons. The highest BCUT2D eigenvalue weighted by molar-refractivity contribution is 6.09. The summed E-state index contributed by atoms with van der Waals surface area (Å²) in [7, 11) is 0. The van der Waals surface area contributed by atoms with Crippen LogP contribution in [0.4, 0.5) is 17.1 Å². The summed E-state index contributed by atoms with van der Waals surface area (Å²) >= 11 is 0. The number of hydrogen-bond donors (Lipinski definition) is 0. The first kappa shape index (κ1) is 27.9. The van der Waals surface area contributed by atoms with E-state index >= 15 is 0 Å². The molecule has 0 aliphatic heterocycles. The van der Waals surface area contributed by atoms with Gasteiger partial charge in [-0.15, -0.1) is 0 Å². The van der Waals surface area contributed by atoms with Crippen molar-refractivity contribution < 1.29 is 0 Å². The zero-order valence-electron chi connectivity index (χ0n) is 26.4. The van der Waals surface area contributed by atoms with E-state index in [1.807, 2.05) is 0 Å². The van der Waals surface area contributed by atoms with Gasteiger partial charge in [-0.05, 0) is 81.7 Å². The van der Waals surface area contributed by atoms with E-state index in [0.717, 1.165) is 17.1 Å². The molecule has 9 aromatic rings. The smallest absolute Gasteiger partial charge is 0.0555 e. The number of nitrogens with zero attached hydrogens (tertiary/aromatic N) is 2. The van der Waals surface area contributed by atoms with Crippen LogP contribution < -0.4 is 4.90 Å². The van der Waals surface area contributed by atoms with Crippen molar-refractivity contribution in [1.29, 1.82) is 0 Å². The Bertz CT molecular complexity index is 2430. The van der Waals surface area contributed by atoms with E-state index in [1.165, 1.54) is 60.7 Å². The third kappa shape index (κ3) is 4.83. The average Bonchev–Trinajstić information content (AvgIpc) is 3.51. The quantitative estimate of drug-likeness (QED) is 0.181. The van der Waals surface area contributed by atoms with Crippen molar-refractivity contribution in [2.75, 3.05) is 4.90 Å². The van der Waals surface area contributed by atoms with Crippen LogP contribution in [0.2, 0.25) is 0 Å². The Morgan fingerprint density at radius 2 is 0.771 bits per heavy atom. The molecule has 0 spiro atoms. The van der Waals surface area contributed by atoms with Gasteiger partial charge in [0.1, 0.15) is 0 Å². The average molecular weight is 613 g/mol. The Balaban J connectivity index is 1.24. The van der Waals surface area contributed by atoms with E-state index in [4.69, 9.17) is 0 Å². The molecule has 48 heavy (non-hydrogen) atoms. The largest absolute Gasteiger partial charge is 0.310 e. The summed E-state index contributed by atoms with van der Waals surface area (Å²) in [6, 6.07) is 69.8. The number of anilines is 3. The Labute approximate surface area is 280 Å². The second-order valence-corrected chi connectivity index (χ2v) is 12.2. The van der Waals surface area contributed by atoms with E-state index in [-0.39, 0.29) is 0 Å². The predicted molar refractivity (Wildman–Crippen MR) is 203 cm³/mol. The number of pyridine rings is 1. The van der Waals surface area contributed by atoms with Gasteiger partial charge in [-0.25, -0.2) is 0 Å². The van der Waals surface area contributed by atoms with E-state index in [9.17, 15) is 0 Å². The van der Waals surface area contributed by atoms with Gasteiger partial charge in [0.25, 0.3) is 0 Å². The Kier molecular flexibility index (Phi) is 6.84. The third-order valence-electron chi connectivity index (χ3n) is 9.37. The number of hydrogen-bond acceptors (Lipinski definition) is 1. The lowest BCUT2D eigenvalue weighted by Gasteiger charge is -2.26. The molecule has 2 heteroatoms. The molecule has 0 amide bonds. The Morgan fingerprint density at radius 1 is 0.312 bits per heavy atom. The molecule has 0 aliphatic rings. The SMILES string of the molecule is c1ccc(-c2ccc(N(c3ccc(-c4ccccc4)cc3)c3ccc4ccc5c(-c6ccccc6)c6ccccc6n5c4c3)cc2)cc1. The summed E-state index contributed by atoms with van der Waals surface area (Å²) in [4.78, 5) is 2.37. The predicted octanol–water partition coefficient (Wildman–Crippen LogP) is 12.7. The first-order valence-corrected chi connectivity index (χ1v) is 16.4. The van der Waals surface area contributed by atoms with Gasteiger partial charge in [-0.2, -0.15) is 0 Å². The molecule has 2 nitrogen and oxygen atoms in total. The highest BCUT2D eigenvalue weighted by atomic mass is 15.1. The van der Waals surface area contributed by atoms with Gasteiger partial charge in [-0.3, -0.25) is 0 Å². The lowest BCUT2D eigenvalue weighted by Crippen LogP contribution is -2.10. The van der Waals surface area contributed by atoms with Crippen molar-refractivity contribution in [2.45, 2.75) is 0 Å². The minimum Gasteiger partial charge on any atom is -0.310 e. The minimum atomic E-state index is 1.11. The number of benzene rings is 7. The summed E-state index contributed by atoms with van der Waals surface area (Å²) < 4.78 is 2.44. The maximum Gasteiger partial charge on any atom is 0.0555 e. The van der Waals surface area contributed by atoms with E-state index in [1.54, 1.807) is 0 Å². The third-order valence-corrected chi connectivity index (χ3v) is 9.37. The van der Waals surface area contributed by atoms with Gasteiger partial charge in [-0.1, -0.05) is 146 Å². The summed E-state index contributed by atoms with van der Waals surface area (Å²) in [5, 5.41) is 2.46. The van der Waals surface area contributed by atoms with E-state index in [0.29, 0.717) is 0 Å². The summed E-state index contributed by atoms with van der Waals surface area (Å²) in [6.45, 7) is 0. The Hall–Kier alpha value is -6.38. The normalized spacial score (nSPS) is 11.3. The lowest BCUT2D eigenvalue weighted by molar-refractivity contribution is 1.27. The molecule has 7 aromatic carbocycles. The molecule has 0 fully saturated rings. The van der Waals surface area contributed by atoms with Gasteiger partial charge in [0, 0.05) is 28.0 Å². The summed E-state index contributed by atoms with van der Waals surface area (Å²) in [5.41, 5.74) is 14.2. The second kappa shape index (κ2) is 11.8. The monoisotopic (exact) mass is 612 g/mol. The van der Waals surface area contributed by atoms with Crippen LogP contribution in [-0.4, -0.2) is 4.40 Å². The fraction of sp³-hybridized carbons (Fsp3) is 0. The van der Waals surface area contributed by atoms with Gasteiger partial charge < -0.3 is 9.30 Å². The molecule has 0 saturated carbocycles. The molecular formula is C46H32N2. The second-order valence-electron chi connectivity index (χ2n) is 12.2. The number of fused-ring (bicyclic) bond motifs is 5. The van der Waals surface area contributed by atoms with Gasteiger partial charge >= 0.3 is 0 Å². The molecule has 0 radical (unpaired) electrons. The minimum absolute atomic E-state index is 1.11. The molecule has 0 unspecified atom stereocenters. The fourth-order valence-electron chi connectivity index (χ4n) is 7.07. The molecule has 0 aliphatic carbocycles. The molecule has 0 saturated heterocycles. The highest BCUT2D eigenvalue weighted by Gasteiger charge is 2.18. The molecule has 0 bridgehead atoms. The van der Waals surface area contributed by atoms with Crippen LogP contribution in [0.15, 0.2) is 194 Å². The van der Waals surface area contributed by atoms with Gasteiger partial charge in [0.2, 0.25) is 0 Å². The fourth-order valence-corrected chi connectivity index (χ4v) is 7.07. The molecule has 2 aromatic heterocycles. The van der Waals surface area contributed by atoms with Gasteiger partial charge in [0.05, 0.1) is 16.6 Å². The van der Waals surface area contributed by atoms with Gasteiger partial charge in [0.15, 0.2) is 0 Å². The van der Waals surface area contributed by atoms with E-state index in [2.05, 4.69) is 203 Å². The number of para-hydroxylation sites is 1. The number of rotatable bonds is 6. The topological polar surface area (TPSA) is 7.65 Å². The van der Waals surface area contributed by atoms with Crippen LogP contribution in [0.1, 0.15) is 0 Å². The number of aromatic nitrogens is 1. The van der Waals surface area contributed by atoms with Crippen molar-refractivity contribution in [1.82, 2.24) is 4.40 Å². The standard InChI is InChI=1S/C46H32N2/c1-4-12-33(13-5-1)35-20-26-39(27-21-35)47(40-28-22-36(23-29-40)34-14-6-2-7-15-34)41-30-24-37-25-31-44-46(38-16-8-3-9-17-38)42-18-10-11-19-43(42)48(44)45(37)32-41/h1-32H. The highest BCUT2D eigenvalue weighted by Crippen LogP contribution is 2.41. The maximum atomic E-state index is 2.44. The van der Waals surface area contributed by atoms with Crippen molar-refractivity contribution in [2.24, 2.45) is 0 Å². The zero-order valence-corrected chi connectivity index (χ0v) is 26.4. The summed E-state index contributed by atoms with van der Waals surface area (Å²) in [5.74, 6) is 0. The van der Waals surface area contributed by atoms with Crippen molar-refractivity contribution >= 4 is 44.4 Å². The first-order valence-electron chi connectivity index (χ1n) is 16.4. The van der Waals surface area contributed by atoms with Crippen LogP contribution >= 0.6 is 0 Å². The lowest BCUT2D eigenvalue weighted by atomic mass is 10.0. The maximum absolute atomic E-state index is 2.44. The van der Waals surface area contributed by atoms with Crippen molar-refractivity contribution in [3.63, 3.8) is 0 Å². The summed E-state index contributed by atoms with van der Waals surface area (Å²) in [6.07, 6.45) is 0. The van der Waals surface area contributed by atoms with Crippen LogP contribution in [0.3, 0.4) is 0 Å². The van der Waals surface area contributed by atoms with Crippen molar-refractivity contribution in [3.05, 3.63) is 194 Å². The van der Waals surface area contributed by atoms with Crippen LogP contribution in [0.5, 0.6) is 0 Å². The Morgan fingerprint density at radius 3 is 1.35 bits per heavy atom. The molecule has 0 N–H and O–H groups in total. The van der Waals surface area contributed by atoms with Crippen LogP contribution in [0.25, 0.3) is 60.7 Å².